The summed E-state index contributed by atoms with van der Waals surface area (Å²) in [4.78, 5) is 14.1. The Labute approximate surface area is 118 Å². The van der Waals surface area contributed by atoms with Gasteiger partial charge in [-0.2, -0.15) is 0 Å². The quantitative estimate of drug-likeness (QED) is 0.854. The molecule has 0 unspecified atom stereocenters. The number of benzene rings is 1. The second-order valence-electron chi connectivity index (χ2n) is 5.35. The first-order chi connectivity index (χ1) is 8.65. The van der Waals surface area contributed by atoms with Crippen molar-refractivity contribution in [3.05, 3.63) is 35.1 Å². The molecule has 2 saturated heterocycles. The van der Waals surface area contributed by atoms with Crippen LogP contribution in [0.5, 0.6) is 0 Å². The first-order valence-corrected chi connectivity index (χ1v) is 6.41. The van der Waals surface area contributed by atoms with Gasteiger partial charge in [-0.05, 0) is 36.5 Å². The lowest BCUT2D eigenvalue weighted by Crippen LogP contribution is -2.31. The molecular weight excluding hydrogens is 267 g/mol. The Morgan fingerprint density at radius 2 is 1.95 bits per heavy atom. The van der Waals surface area contributed by atoms with Crippen molar-refractivity contribution in [1.82, 2.24) is 10.2 Å². The molecule has 0 bridgehead atoms. The van der Waals surface area contributed by atoms with Gasteiger partial charge in [-0.3, -0.25) is 4.79 Å². The van der Waals surface area contributed by atoms with Gasteiger partial charge in [-0.25, -0.2) is 4.39 Å². The number of fused-ring (bicyclic) bond motifs is 1. The molecule has 19 heavy (non-hydrogen) atoms. The van der Waals surface area contributed by atoms with E-state index in [1.807, 2.05) is 4.90 Å². The molecule has 104 valence electrons. The highest BCUT2D eigenvalue weighted by molar-refractivity contribution is 5.94. The fourth-order valence-corrected chi connectivity index (χ4v) is 2.93. The van der Waals surface area contributed by atoms with Crippen molar-refractivity contribution in [3.63, 3.8) is 0 Å². The van der Waals surface area contributed by atoms with Crippen LogP contribution >= 0.6 is 12.4 Å². The minimum Gasteiger partial charge on any atom is -0.338 e. The lowest BCUT2D eigenvalue weighted by molar-refractivity contribution is 0.0781. The predicted octanol–water partition coefficient (Wildman–Crippen LogP) is 1.85. The van der Waals surface area contributed by atoms with Gasteiger partial charge in [-0.1, -0.05) is 6.07 Å². The molecule has 0 spiro atoms. The van der Waals surface area contributed by atoms with Crippen molar-refractivity contribution in [2.45, 2.75) is 6.92 Å². The van der Waals surface area contributed by atoms with E-state index in [0.29, 0.717) is 23.0 Å². The number of likely N-dealkylation sites (tertiary alicyclic amines) is 1. The average molecular weight is 285 g/mol. The second-order valence-corrected chi connectivity index (χ2v) is 5.35. The number of nitrogens with one attached hydrogen (secondary N) is 1. The summed E-state index contributed by atoms with van der Waals surface area (Å²) in [7, 11) is 0. The van der Waals surface area contributed by atoms with Crippen molar-refractivity contribution in [2.24, 2.45) is 11.8 Å². The molecule has 0 aromatic heterocycles. The minimum absolute atomic E-state index is 0. The van der Waals surface area contributed by atoms with E-state index in [4.69, 9.17) is 0 Å². The number of carbonyl (C=O) groups is 1. The Balaban J connectivity index is 0.00000133. The number of hydrogen-bond acceptors (Lipinski definition) is 2. The van der Waals surface area contributed by atoms with E-state index in [-0.39, 0.29) is 24.1 Å². The van der Waals surface area contributed by atoms with Crippen LogP contribution in [0.2, 0.25) is 0 Å². The summed E-state index contributed by atoms with van der Waals surface area (Å²) in [5, 5.41) is 3.34. The Bertz CT molecular complexity index is 482. The molecule has 0 saturated carbocycles. The molecule has 2 aliphatic rings. The Kier molecular flexibility index (Phi) is 4.11. The third kappa shape index (κ3) is 2.60. The fraction of sp³-hybridized carbons (Fsp3) is 0.500. The Hall–Kier alpha value is -1.13. The van der Waals surface area contributed by atoms with E-state index in [2.05, 4.69) is 5.32 Å². The van der Waals surface area contributed by atoms with Gasteiger partial charge in [0.15, 0.2) is 0 Å². The van der Waals surface area contributed by atoms with E-state index in [1.54, 1.807) is 19.1 Å². The third-order valence-electron chi connectivity index (χ3n) is 4.10. The maximum atomic E-state index is 13.5. The summed E-state index contributed by atoms with van der Waals surface area (Å²) in [5.41, 5.74) is 1.04. The van der Waals surface area contributed by atoms with Crippen LogP contribution < -0.4 is 5.32 Å². The fourth-order valence-electron chi connectivity index (χ4n) is 2.93. The SMILES string of the molecule is Cc1ccc(C(=O)N2C[C@H]3CNC[C@H]3C2)cc1F.Cl. The van der Waals surface area contributed by atoms with Crippen molar-refractivity contribution in [3.8, 4) is 0 Å². The van der Waals surface area contributed by atoms with Gasteiger partial charge in [-0.15, -0.1) is 12.4 Å². The summed E-state index contributed by atoms with van der Waals surface area (Å²) in [6.07, 6.45) is 0. The average Bonchev–Trinajstić information content (AvgIpc) is 2.92. The predicted molar refractivity (Wildman–Crippen MR) is 74.1 cm³/mol. The summed E-state index contributed by atoms with van der Waals surface area (Å²) in [5.74, 6) is 0.804. The maximum absolute atomic E-state index is 13.5. The van der Waals surface area contributed by atoms with Crippen LogP contribution in [0.15, 0.2) is 18.2 Å². The van der Waals surface area contributed by atoms with E-state index >= 15 is 0 Å². The molecule has 3 rings (SSSR count). The van der Waals surface area contributed by atoms with Gasteiger partial charge < -0.3 is 10.2 Å². The highest BCUT2D eigenvalue weighted by atomic mass is 35.5. The van der Waals surface area contributed by atoms with Crippen molar-refractivity contribution in [1.29, 1.82) is 0 Å². The van der Waals surface area contributed by atoms with Crippen LogP contribution in [0.25, 0.3) is 0 Å². The first kappa shape index (κ1) is 14.3. The number of carbonyl (C=O) groups excluding carboxylic acids is 1. The normalized spacial score (nSPS) is 25.1. The standard InChI is InChI=1S/C14H17FN2O.ClH/c1-9-2-3-10(4-13(9)15)14(18)17-7-11-5-16-6-12(11)8-17;/h2-4,11-12,16H,5-8H2,1H3;1H/t11-,12+;. The minimum atomic E-state index is -0.304. The smallest absolute Gasteiger partial charge is 0.253 e. The molecule has 3 nitrogen and oxygen atoms in total. The van der Waals surface area contributed by atoms with Gasteiger partial charge >= 0.3 is 0 Å². The molecule has 5 heteroatoms. The van der Waals surface area contributed by atoms with Crippen LogP contribution in [0.3, 0.4) is 0 Å². The number of rotatable bonds is 1. The zero-order chi connectivity index (χ0) is 12.7. The summed E-state index contributed by atoms with van der Waals surface area (Å²) >= 11 is 0. The third-order valence-corrected chi connectivity index (χ3v) is 4.10. The lowest BCUT2D eigenvalue weighted by atomic mass is 10.0. The zero-order valence-electron chi connectivity index (χ0n) is 10.9. The van der Waals surface area contributed by atoms with Crippen molar-refractivity contribution in [2.75, 3.05) is 26.2 Å². The second kappa shape index (κ2) is 5.47. The monoisotopic (exact) mass is 284 g/mol. The first-order valence-electron chi connectivity index (χ1n) is 6.41. The highest BCUT2D eigenvalue weighted by Crippen LogP contribution is 2.27. The van der Waals surface area contributed by atoms with Gasteiger partial charge in [0.2, 0.25) is 0 Å². The molecule has 1 amide bonds. The molecule has 2 aliphatic heterocycles. The number of aryl methyl sites for hydroxylation is 1. The highest BCUT2D eigenvalue weighted by Gasteiger charge is 2.38. The van der Waals surface area contributed by atoms with Crippen molar-refractivity contribution < 1.29 is 9.18 Å². The summed E-state index contributed by atoms with van der Waals surface area (Å²) < 4.78 is 13.5. The van der Waals surface area contributed by atoms with Crippen LogP contribution in [0, 0.1) is 24.6 Å². The van der Waals surface area contributed by atoms with Crippen LogP contribution in [-0.4, -0.2) is 37.0 Å². The van der Waals surface area contributed by atoms with E-state index in [1.165, 1.54) is 6.07 Å². The largest absolute Gasteiger partial charge is 0.338 e. The number of hydrogen-bond donors (Lipinski definition) is 1. The number of nitrogens with zero attached hydrogens (tertiary/aromatic N) is 1. The lowest BCUT2D eigenvalue weighted by Gasteiger charge is -2.17. The topological polar surface area (TPSA) is 32.3 Å². The molecule has 1 aromatic carbocycles. The Morgan fingerprint density at radius 3 is 2.53 bits per heavy atom. The molecule has 1 aromatic rings. The maximum Gasteiger partial charge on any atom is 0.253 e. The molecule has 2 atom stereocenters. The van der Waals surface area contributed by atoms with Gasteiger partial charge in [0.1, 0.15) is 5.82 Å². The van der Waals surface area contributed by atoms with E-state index < -0.39 is 0 Å². The summed E-state index contributed by atoms with van der Waals surface area (Å²) in [6, 6.07) is 4.73. The summed E-state index contributed by atoms with van der Waals surface area (Å²) in [6.45, 7) is 5.29. The molecular formula is C14H18ClFN2O. The van der Waals surface area contributed by atoms with Crippen molar-refractivity contribution >= 4 is 18.3 Å². The van der Waals surface area contributed by atoms with E-state index in [9.17, 15) is 9.18 Å². The molecule has 1 N–H and O–H groups in total. The Morgan fingerprint density at radius 1 is 1.32 bits per heavy atom. The van der Waals surface area contributed by atoms with Crippen LogP contribution in [0.1, 0.15) is 15.9 Å². The van der Waals surface area contributed by atoms with Gasteiger partial charge in [0.25, 0.3) is 5.91 Å². The molecule has 2 heterocycles. The van der Waals surface area contributed by atoms with Gasteiger partial charge in [0.05, 0.1) is 0 Å². The van der Waals surface area contributed by atoms with Gasteiger partial charge in [0, 0.05) is 31.7 Å². The van der Waals surface area contributed by atoms with E-state index in [0.717, 1.165) is 26.2 Å². The zero-order valence-corrected chi connectivity index (χ0v) is 11.7. The van der Waals surface area contributed by atoms with Crippen LogP contribution in [0.4, 0.5) is 4.39 Å². The van der Waals surface area contributed by atoms with Crippen LogP contribution in [-0.2, 0) is 0 Å². The molecule has 0 aliphatic carbocycles. The number of amides is 1. The molecule has 0 radical (unpaired) electrons. The number of halogens is 2. The molecule has 2 fully saturated rings.